The van der Waals surface area contributed by atoms with Gasteiger partial charge in [0.1, 0.15) is 5.60 Å². The van der Waals surface area contributed by atoms with Crippen LogP contribution in [-0.4, -0.2) is 28.6 Å². The normalized spacial score (nSPS) is 22.4. The van der Waals surface area contributed by atoms with E-state index in [0.29, 0.717) is 0 Å². The predicted octanol–water partition coefficient (Wildman–Crippen LogP) is 4.41. The van der Waals surface area contributed by atoms with Crippen LogP contribution in [0.25, 0.3) is 11.3 Å². The molecule has 1 aromatic heterocycles. The summed E-state index contributed by atoms with van der Waals surface area (Å²) in [5.41, 5.74) is 3.94. The Morgan fingerprint density at radius 1 is 1.15 bits per heavy atom. The summed E-state index contributed by atoms with van der Waals surface area (Å²) in [5, 5.41) is 3.51. The second kappa shape index (κ2) is 6.58. The van der Waals surface area contributed by atoms with Gasteiger partial charge in [-0.05, 0) is 64.3 Å². The Morgan fingerprint density at radius 2 is 1.81 bits per heavy atom. The Morgan fingerprint density at radius 3 is 2.35 bits per heavy atom. The first-order valence-electron chi connectivity index (χ1n) is 9.31. The molecule has 4 heteroatoms. The van der Waals surface area contributed by atoms with Crippen molar-refractivity contribution in [3.63, 3.8) is 0 Å². The molecule has 1 aliphatic heterocycles. The van der Waals surface area contributed by atoms with Crippen molar-refractivity contribution < 1.29 is 9.53 Å². The number of nitrogens with one attached hydrogen (secondary N) is 2. The second-order valence-electron chi connectivity index (χ2n) is 8.88. The molecule has 2 N–H and O–H groups in total. The van der Waals surface area contributed by atoms with Gasteiger partial charge in [0.25, 0.3) is 0 Å². The average Bonchev–Trinajstić information content (AvgIpc) is 3.08. The monoisotopic (exact) mass is 354 g/mol. The number of esters is 1. The van der Waals surface area contributed by atoms with E-state index in [1.165, 1.54) is 11.1 Å². The maximum Gasteiger partial charge on any atom is 0.311 e. The zero-order chi connectivity index (χ0) is 19.1. The van der Waals surface area contributed by atoms with Gasteiger partial charge >= 0.3 is 5.97 Å². The topological polar surface area (TPSA) is 54.1 Å². The molecule has 2 atom stereocenters. The van der Waals surface area contributed by atoms with Crippen LogP contribution in [0.3, 0.4) is 0 Å². The van der Waals surface area contributed by atoms with Crippen LogP contribution >= 0.6 is 0 Å². The number of carbonyl (C=O) groups excluding carboxylic acids is 1. The third kappa shape index (κ3) is 3.70. The van der Waals surface area contributed by atoms with E-state index in [1.807, 2.05) is 27.0 Å². The molecule has 0 radical (unpaired) electrons. The van der Waals surface area contributed by atoms with E-state index in [2.05, 4.69) is 61.4 Å². The minimum absolute atomic E-state index is 0.110. The van der Waals surface area contributed by atoms with Gasteiger partial charge in [-0.25, -0.2) is 0 Å². The highest BCUT2D eigenvalue weighted by molar-refractivity contribution is 5.76. The standard InChI is InChI=1S/C22H30N2O2/c1-14-11-12-23-19(14)16-9-7-15(8-10-16)17-13-24-22(5,6)18(17)20(25)26-21(2,3)4/h7-12,17-18,23-24H,13H2,1-6H3/t17-,18?/m0/s1. The van der Waals surface area contributed by atoms with Gasteiger partial charge < -0.3 is 15.0 Å². The van der Waals surface area contributed by atoms with Crippen molar-refractivity contribution in [3.05, 3.63) is 47.7 Å². The lowest BCUT2D eigenvalue weighted by Gasteiger charge is -2.31. The van der Waals surface area contributed by atoms with Gasteiger partial charge in [-0.2, -0.15) is 0 Å². The number of aromatic nitrogens is 1. The van der Waals surface area contributed by atoms with Crippen molar-refractivity contribution in [2.45, 2.75) is 58.6 Å². The maximum atomic E-state index is 12.9. The molecule has 1 saturated heterocycles. The van der Waals surface area contributed by atoms with Crippen LogP contribution in [0.1, 0.15) is 51.7 Å². The molecule has 3 rings (SSSR count). The van der Waals surface area contributed by atoms with Crippen LogP contribution in [0.15, 0.2) is 36.5 Å². The molecule has 140 valence electrons. The minimum Gasteiger partial charge on any atom is -0.460 e. The summed E-state index contributed by atoms with van der Waals surface area (Å²) < 4.78 is 5.72. The first-order chi connectivity index (χ1) is 12.1. The van der Waals surface area contributed by atoms with Crippen molar-refractivity contribution in [2.24, 2.45) is 5.92 Å². The molecule has 0 spiro atoms. The number of hydrogen-bond acceptors (Lipinski definition) is 3. The Bertz CT molecular complexity index is 781. The number of H-pyrrole nitrogens is 1. The number of hydrogen-bond donors (Lipinski definition) is 2. The summed E-state index contributed by atoms with van der Waals surface area (Å²) in [6, 6.07) is 10.6. The molecule has 0 bridgehead atoms. The van der Waals surface area contributed by atoms with Gasteiger partial charge in [-0.1, -0.05) is 24.3 Å². The highest BCUT2D eigenvalue weighted by atomic mass is 16.6. The average molecular weight is 354 g/mol. The van der Waals surface area contributed by atoms with Gasteiger partial charge in [0.2, 0.25) is 0 Å². The van der Waals surface area contributed by atoms with E-state index in [0.717, 1.165) is 17.8 Å². The number of ether oxygens (including phenoxy) is 1. The molecule has 1 fully saturated rings. The second-order valence-corrected chi connectivity index (χ2v) is 8.88. The molecule has 2 heterocycles. The highest BCUT2D eigenvalue weighted by Gasteiger charge is 2.48. The Kier molecular flexibility index (Phi) is 4.74. The van der Waals surface area contributed by atoms with Crippen molar-refractivity contribution in [1.29, 1.82) is 0 Å². The number of aryl methyl sites for hydroxylation is 1. The predicted molar refractivity (Wildman–Crippen MR) is 105 cm³/mol. The lowest BCUT2D eigenvalue weighted by Crippen LogP contribution is -2.44. The van der Waals surface area contributed by atoms with Gasteiger partial charge in [0, 0.05) is 29.9 Å². The van der Waals surface area contributed by atoms with E-state index >= 15 is 0 Å². The van der Waals surface area contributed by atoms with Crippen molar-refractivity contribution in [2.75, 3.05) is 6.54 Å². The third-order valence-electron chi connectivity index (χ3n) is 5.20. The fraction of sp³-hybridized carbons (Fsp3) is 0.500. The molecule has 26 heavy (non-hydrogen) atoms. The number of carbonyl (C=O) groups is 1. The van der Waals surface area contributed by atoms with Crippen LogP contribution in [0.5, 0.6) is 0 Å². The summed E-state index contributed by atoms with van der Waals surface area (Å²) in [6.45, 7) is 12.8. The van der Waals surface area contributed by atoms with E-state index in [4.69, 9.17) is 4.74 Å². The first kappa shape index (κ1) is 18.7. The van der Waals surface area contributed by atoms with Gasteiger partial charge in [0.15, 0.2) is 0 Å². The molecule has 0 aliphatic carbocycles. The lowest BCUT2D eigenvalue weighted by molar-refractivity contribution is -0.162. The van der Waals surface area contributed by atoms with Gasteiger partial charge in [0.05, 0.1) is 5.92 Å². The summed E-state index contributed by atoms with van der Waals surface area (Å²) in [6.07, 6.45) is 1.96. The van der Waals surface area contributed by atoms with Crippen molar-refractivity contribution in [1.82, 2.24) is 10.3 Å². The molecule has 1 aromatic carbocycles. The molecule has 1 unspecified atom stereocenters. The molecule has 1 aliphatic rings. The molecule has 0 amide bonds. The SMILES string of the molecule is Cc1cc[nH]c1-c1ccc([C@@H]2CNC(C)(C)C2C(=O)OC(C)(C)C)cc1. The van der Waals surface area contributed by atoms with E-state index in [-0.39, 0.29) is 23.3 Å². The molecule has 4 nitrogen and oxygen atoms in total. The quantitative estimate of drug-likeness (QED) is 0.803. The highest BCUT2D eigenvalue weighted by Crippen LogP contribution is 2.40. The maximum absolute atomic E-state index is 12.9. The molecular weight excluding hydrogens is 324 g/mol. The zero-order valence-corrected chi connectivity index (χ0v) is 16.6. The summed E-state index contributed by atoms with van der Waals surface area (Å²) >= 11 is 0. The number of rotatable bonds is 3. The zero-order valence-electron chi connectivity index (χ0n) is 16.6. The van der Waals surface area contributed by atoms with Crippen LogP contribution in [-0.2, 0) is 9.53 Å². The Balaban J connectivity index is 1.87. The Labute approximate surface area is 156 Å². The lowest BCUT2D eigenvalue weighted by atomic mass is 9.79. The van der Waals surface area contributed by atoms with Crippen molar-refractivity contribution in [3.8, 4) is 11.3 Å². The van der Waals surface area contributed by atoms with Gasteiger partial charge in [-0.3, -0.25) is 4.79 Å². The van der Waals surface area contributed by atoms with E-state index < -0.39 is 5.60 Å². The van der Waals surface area contributed by atoms with Gasteiger partial charge in [-0.15, -0.1) is 0 Å². The number of benzene rings is 1. The molecular formula is C22H30N2O2. The van der Waals surface area contributed by atoms with E-state index in [9.17, 15) is 4.79 Å². The smallest absolute Gasteiger partial charge is 0.311 e. The fourth-order valence-corrected chi connectivity index (χ4v) is 3.89. The fourth-order valence-electron chi connectivity index (χ4n) is 3.89. The minimum atomic E-state index is -0.477. The Hall–Kier alpha value is -2.07. The largest absolute Gasteiger partial charge is 0.460 e. The molecule has 0 saturated carbocycles. The summed E-state index contributed by atoms with van der Waals surface area (Å²) in [5.74, 6) is -0.222. The summed E-state index contributed by atoms with van der Waals surface area (Å²) in [4.78, 5) is 16.2. The summed E-state index contributed by atoms with van der Waals surface area (Å²) in [7, 11) is 0. The first-order valence-corrected chi connectivity index (χ1v) is 9.31. The van der Waals surface area contributed by atoms with Crippen LogP contribution in [0.4, 0.5) is 0 Å². The van der Waals surface area contributed by atoms with Crippen LogP contribution in [0.2, 0.25) is 0 Å². The van der Waals surface area contributed by atoms with Crippen LogP contribution < -0.4 is 5.32 Å². The van der Waals surface area contributed by atoms with E-state index in [1.54, 1.807) is 0 Å². The molecule has 2 aromatic rings. The third-order valence-corrected chi connectivity index (χ3v) is 5.20. The van der Waals surface area contributed by atoms with Crippen molar-refractivity contribution >= 4 is 5.97 Å². The van der Waals surface area contributed by atoms with Crippen LogP contribution in [0, 0.1) is 12.8 Å². The number of aromatic amines is 1.